The lowest BCUT2D eigenvalue weighted by Crippen LogP contribution is -2.37. The van der Waals surface area contributed by atoms with Crippen molar-refractivity contribution in [1.82, 2.24) is 5.32 Å². The molecule has 4 nitrogen and oxygen atoms in total. The number of hydrogen-bond donors (Lipinski definition) is 2. The van der Waals surface area contributed by atoms with E-state index in [4.69, 9.17) is 4.74 Å². The molecule has 0 spiro atoms. The zero-order chi connectivity index (χ0) is 18.1. The van der Waals surface area contributed by atoms with E-state index in [1.165, 1.54) is 0 Å². The summed E-state index contributed by atoms with van der Waals surface area (Å²) in [5.74, 6) is -1.62. The molecule has 0 radical (unpaired) electrons. The highest BCUT2D eigenvalue weighted by Gasteiger charge is 2.35. The summed E-state index contributed by atoms with van der Waals surface area (Å²) in [5, 5.41) is 13.8. The Hall–Kier alpha value is -1.60. The number of carbonyl (C=O) groups excluding carboxylic acids is 1. The van der Waals surface area contributed by atoms with E-state index in [-0.39, 0.29) is 0 Å². The van der Waals surface area contributed by atoms with Gasteiger partial charge in [-0.2, -0.15) is 0 Å². The highest BCUT2D eigenvalue weighted by Crippen LogP contribution is 2.32. The van der Waals surface area contributed by atoms with Gasteiger partial charge in [0.15, 0.2) is 0 Å². The van der Waals surface area contributed by atoms with Crippen molar-refractivity contribution in [2.45, 2.75) is 44.9 Å². The zero-order valence-electron chi connectivity index (χ0n) is 14.4. The number of halogens is 1. The van der Waals surface area contributed by atoms with Crippen LogP contribution in [0.2, 0.25) is 0 Å². The number of ether oxygens (including phenoxy) is 1. The highest BCUT2D eigenvalue weighted by molar-refractivity contribution is 14.1. The second kappa shape index (κ2) is 9.77. The van der Waals surface area contributed by atoms with E-state index in [2.05, 4.69) is 34.8 Å². The van der Waals surface area contributed by atoms with Gasteiger partial charge < -0.3 is 15.2 Å². The van der Waals surface area contributed by atoms with Crippen LogP contribution in [0.4, 0.5) is 4.79 Å². The van der Waals surface area contributed by atoms with Crippen LogP contribution >= 0.6 is 22.6 Å². The second-order valence-electron chi connectivity index (χ2n) is 5.95. The van der Waals surface area contributed by atoms with E-state index in [1.807, 2.05) is 48.5 Å². The molecular formula is C20H24INO3. The van der Waals surface area contributed by atoms with Gasteiger partial charge in [0, 0.05) is 22.1 Å². The minimum Gasteiger partial charge on any atom is -0.413 e. The Bertz CT molecular complexity index is 678. The van der Waals surface area contributed by atoms with Crippen molar-refractivity contribution in [3.8, 4) is 0 Å². The summed E-state index contributed by atoms with van der Waals surface area (Å²) < 4.78 is 6.34. The fraction of sp³-hybridized carbons (Fsp3) is 0.350. The van der Waals surface area contributed by atoms with Gasteiger partial charge >= 0.3 is 6.09 Å². The summed E-state index contributed by atoms with van der Waals surface area (Å²) in [5.41, 5.74) is 1.60. The number of amides is 1. The minimum absolute atomic E-state index is 0.358. The number of hydrogen-bond acceptors (Lipinski definition) is 3. The normalized spacial score (nSPS) is 13.1. The SMILES string of the molecule is CCCCC[C@](O)(OC(=O)NCc1ccccc1)c1ccccc1I. The van der Waals surface area contributed by atoms with Crippen molar-refractivity contribution in [2.24, 2.45) is 0 Å². The zero-order valence-corrected chi connectivity index (χ0v) is 16.5. The molecule has 0 aliphatic rings. The number of carbonyl (C=O) groups is 1. The molecule has 0 saturated heterocycles. The molecule has 0 saturated carbocycles. The van der Waals surface area contributed by atoms with Crippen molar-refractivity contribution in [3.63, 3.8) is 0 Å². The van der Waals surface area contributed by atoms with Gasteiger partial charge in [0.25, 0.3) is 0 Å². The molecule has 1 amide bonds. The summed E-state index contributed by atoms with van der Waals surface area (Å²) >= 11 is 2.15. The third kappa shape index (κ3) is 6.01. The molecule has 2 aromatic rings. The maximum atomic E-state index is 12.3. The highest BCUT2D eigenvalue weighted by atomic mass is 127. The lowest BCUT2D eigenvalue weighted by atomic mass is 9.99. The summed E-state index contributed by atoms with van der Waals surface area (Å²) in [4.78, 5) is 12.3. The van der Waals surface area contributed by atoms with Gasteiger partial charge in [-0.25, -0.2) is 4.79 Å². The van der Waals surface area contributed by atoms with Crippen LogP contribution < -0.4 is 5.32 Å². The molecule has 0 unspecified atom stereocenters. The number of aliphatic hydroxyl groups is 1. The Morgan fingerprint density at radius 3 is 2.48 bits per heavy atom. The third-order valence-corrected chi connectivity index (χ3v) is 4.90. The van der Waals surface area contributed by atoms with Crippen LogP contribution in [0.15, 0.2) is 54.6 Å². The first-order valence-corrected chi connectivity index (χ1v) is 9.61. The Morgan fingerprint density at radius 2 is 1.80 bits per heavy atom. The number of unbranched alkanes of at least 4 members (excludes halogenated alkanes) is 2. The summed E-state index contributed by atoms with van der Waals surface area (Å²) in [6.45, 7) is 2.45. The van der Waals surface area contributed by atoms with E-state index in [1.54, 1.807) is 6.07 Å². The lowest BCUT2D eigenvalue weighted by molar-refractivity contribution is -0.176. The number of nitrogens with one attached hydrogen (secondary N) is 1. The van der Waals surface area contributed by atoms with Gasteiger partial charge in [-0.15, -0.1) is 0 Å². The molecular weight excluding hydrogens is 429 g/mol. The fourth-order valence-electron chi connectivity index (χ4n) is 2.59. The second-order valence-corrected chi connectivity index (χ2v) is 7.11. The average molecular weight is 453 g/mol. The first kappa shape index (κ1) is 19.7. The Morgan fingerprint density at radius 1 is 1.12 bits per heavy atom. The smallest absolute Gasteiger partial charge is 0.410 e. The number of alkyl carbamates (subject to hydrolysis) is 1. The molecule has 0 bridgehead atoms. The number of benzene rings is 2. The Kier molecular flexibility index (Phi) is 7.71. The predicted molar refractivity (Wildman–Crippen MR) is 107 cm³/mol. The molecule has 134 valence electrons. The molecule has 0 heterocycles. The van der Waals surface area contributed by atoms with E-state index < -0.39 is 11.9 Å². The molecule has 2 aromatic carbocycles. The summed E-state index contributed by atoms with van der Waals surface area (Å²) in [6, 6.07) is 17.0. The number of rotatable bonds is 8. The molecule has 0 aromatic heterocycles. The standard InChI is InChI=1S/C20H24INO3/c1-2-3-9-14-20(24,17-12-7-8-13-18(17)21)25-19(23)22-15-16-10-5-4-6-11-16/h4-8,10-13,24H,2-3,9,14-15H2,1H3,(H,22,23)/t20-/m0/s1. The van der Waals surface area contributed by atoms with Crippen LogP contribution in [0.1, 0.15) is 43.7 Å². The topological polar surface area (TPSA) is 58.6 Å². The van der Waals surface area contributed by atoms with E-state index in [9.17, 15) is 9.90 Å². The third-order valence-electron chi connectivity index (χ3n) is 3.96. The summed E-state index contributed by atoms with van der Waals surface area (Å²) in [6.07, 6.45) is 2.54. The molecule has 0 aliphatic carbocycles. The Labute approximate surface area is 162 Å². The van der Waals surface area contributed by atoms with E-state index >= 15 is 0 Å². The molecule has 2 rings (SSSR count). The van der Waals surface area contributed by atoms with Crippen LogP contribution in [0.25, 0.3) is 0 Å². The molecule has 2 N–H and O–H groups in total. The largest absolute Gasteiger partial charge is 0.413 e. The van der Waals surface area contributed by atoms with Crippen molar-refractivity contribution in [1.29, 1.82) is 0 Å². The quantitative estimate of drug-likeness (QED) is 0.338. The van der Waals surface area contributed by atoms with Crippen LogP contribution in [-0.2, 0) is 17.1 Å². The molecule has 1 atom stereocenters. The van der Waals surface area contributed by atoms with Gasteiger partial charge in [0.2, 0.25) is 5.79 Å². The molecule has 0 fully saturated rings. The molecule has 5 heteroatoms. The monoisotopic (exact) mass is 453 g/mol. The average Bonchev–Trinajstić information content (AvgIpc) is 2.61. The first-order chi connectivity index (χ1) is 12.0. The molecule has 0 aliphatic heterocycles. The van der Waals surface area contributed by atoms with Crippen molar-refractivity contribution in [3.05, 3.63) is 69.3 Å². The maximum Gasteiger partial charge on any atom is 0.410 e. The predicted octanol–water partition coefficient (Wildman–Crippen LogP) is 4.94. The van der Waals surface area contributed by atoms with Crippen LogP contribution in [0.3, 0.4) is 0 Å². The Balaban J connectivity index is 2.07. The molecule has 25 heavy (non-hydrogen) atoms. The van der Waals surface area contributed by atoms with Crippen LogP contribution in [-0.4, -0.2) is 11.2 Å². The van der Waals surface area contributed by atoms with Gasteiger partial charge in [-0.3, -0.25) is 0 Å². The lowest BCUT2D eigenvalue weighted by Gasteiger charge is -2.29. The van der Waals surface area contributed by atoms with Crippen molar-refractivity contribution in [2.75, 3.05) is 0 Å². The van der Waals surface area contributed by atoms with Gasteiger partial charge in [-0.05, 0) is 40.6 Å². The summed E-state index contributed by atoms with van der Waals surface area (Å²) in [7, 11) is 0. The van der Waals surface area contributed by atoms with Gasteiger partial charge in [0.1, 0.15) is 0 Å². The first-order valence-electron chi connectivity index (χ1n) is 8.53. The van der Waals surface area contributed by atoms with Crippen LogP contribution in [0.5, 0.6) is 0 Å². The van der Waals surface area contributed by atoms with Gasteiger partial charge in [-0.1, -0.05) is 68.3 Å². The fourth-order valence-corrected chi connectivity index (χ4v) is 3.40. The van der Waals surface area contributed by atoms with Crippen molar-refractivity contribution < 1.29 is 14.6 Å². The van der Waals surface area contributed by atoms with E-state index in [0.717, 1.165) is 28.4 Å². The van der Waals surface area contributed by atoms with Crippen LogP contribution in [0, 0.1) is 3.57 Å². The van der Waals surface area contributed by atoms with Crippen molar-refractivity contribution >= 4 is 28.7 Å². The minimum atomic E-state index is -1.62. The van der Waals surface area contributed by atoms with Gasteiger partial charge in [0.05, 0.1) is 0 Å². The maximum absolute atomic E-state index is 12.3. The van der Waals surface area contributed by atoms with E-state index in [0.29, 0.717) is 18.5 Å².